The molecule has 5 amide bonds. The van der Waals surface area contributed by atoms with Crippen molar-refractivity contribution in [3.05, 3.63) is 83.4 Å². The van der Waals surface area contributed by atoms with Crippen molar-refractivity contribution in [3.63, 3.8) is 0 Å². The minimum Gasteiger partial charge on any atom is -0.465 e. The van der Waals surface area contributed by atoms with Gasteiger partial charge in [-0.1, -0.05) is 30.3 Å². The first-order chi connectivity index (χ1) is 28.7. The Balaban J connectivity index is 1.07. The summed E-state index contributed by atoms with van der Waals surface area (Å²) in [6, 6.07) is 19.6. The van der Waals surface area contributed by atoms with E-state index in [2.05, 4.69) is 47.2 Å². The van der Waals surface area contributed by atoms with Crippen LogP contribution in [0.25, 0.3) is 22.5 Å². The summed E-state index contributed by atoms with van der Waals surface area (Å²) in [5.74, 6) is -0.397. The van der Waals surface area contributed by atoms with Crippen LogP contribution in [0.4, 0.5) is 15.3 Å². The van der Waals surface area contributed by atoms with Crippen LogP contribution in [0.2, 0.25) is 0 Å². The van der Waals surface area contributed by atoms with Crippen molar-refractivity contribution in [2.45, 2.75) is 109 Å². The summed E-state index contributed by atoms with van der Waals surface area (Å²) in [7, 11) is 0. The molecule has 3 aromatic carbocycles. The molecule has 318 valence electrons. The standard InChI is InChI=1S/C44H55N9O7/c1-26-23-32(40(55)46-34-18-20-35(21-19-34)48-43(59)60-44(2,3)4)15-22-36(26)29-9-5-27(6-10-29)24-37(49-39(54)31-11-7-28(8-12-31)25-45-42(57)58)41(56)47-33-16-13-30(14-17-33)38-50-52-53-51-38/h5-6,9-10,13-17,22-23,28,31,34-35,37,45H,7-8,11-12,18-21,24-25H2,1-4H3,(H,46,55)(H,47,56)(H,48,59)(H,49,54)(H,57,58)(H,50,51,52,53)/t28-,31-,34-,35-,37-/m0/s1. The number of carbonyl (C=O) groups is 5. The molecule has 1 aromatic heterocycles. The Kier molecular flexibility index (Phi) is 14.1. The molecule has 1 heterocycles. The van der Waals surface area contributed by atoms with E-state index in [1.165, 1.54) is 0 Å². The van der Waals surface area contributed by atoms with Gasteiger partial charge in [-0.15, -0.1) is 10.2 Å². The number of H-pyrrole nitrogens is 1. The lowest BCUT2D eigenvalue weighted by Crippen LogP contribution is -2.48. The molecule has 7 N–H and O–H groups in total. The van der Waals surface area contributed by atoms with Crippen LogP contribution >= 0.6 is 0 Å². The molecule has 0 unspecified atom stereocenters. The normalized spacial score (nSPS) is 19.6. The topological polar surface area (TPSA) is 229 Å². The molecule has 2 aliphatic rings. The van der Waals surface area contributed by atoms with Crippen LogP contribution in [0, 0.1) is 18.8 Å². The smallest absolute Gasteiger partial charge is 0.407 e. The lowest BCUT2D eigenvalue weighted by molar-refractivity contribution is -0.130. The minimum absolute atomic E-state index is 0.0169. The van der Waals surface area contributed by atoms with Gasteiger partial charge in [0.25, 0.3) is 5.91 Å². The Morgan fingerprint density at radius 3 is 2.08 bits per heavy atom. The fourth-order valence-corrected chi connectivity index (χ4v) is 7.89. The molecule has 4 aromatic rings. The average molecular weight is 822 g/mol. The number of aromatic amines is 1. The zero-order chi connectivity index (χ0) is 42.8. The molecule has 16 nitrogen and oxygen atoms in total. The number of hydrogen-bond acceptors (Lipinski definition) is 9. The molecule has 6 rings (SSSR count). The summed E-state index contributed by atoms with van der Waals surface area (Å²) in [6.45, 7) is 7.82. The summed E-state index contributed by atoms with van der Waals surface area (Å²) in [5, 5.41) is 37.5. The number of carboxylic acid groups (broad SMARTS) is 1. The number of aryl methyl sites for hydroxylation is 1. The van der Waals surface area contributed by atoms with Crippen molar-refractivity contribution in [2.24, 2.45) is 11.8 Å². The number of amides is 5. The number of tetrazole rings is 1. The number of alkyl carbamates (subject to hydrolysis) is 1. The van der Waals surface area contributed by atoms with Gasteiger partial charge in [-0.2, -0.15) is 5.21 Å². The van der Waals surface area contributed by atoms with Crippen molar-refractivity contribution < 1.29 is 33.8 Å². The number of anilines is 1. The molecule has 60 heavy (non-hydrogen) atoms. The van der Waals surface area contributed by atoms with E-state index in [4.69, 9.17) is 9.84 Å². The van der Waals surface area contributed by atoms with E-state index in [0.717, 1.165) is 53.5 Å². The van der Waals surface area contributed by atoms with Crippen molar-refractivity contribution in [1.82, 2.24) is 41.9 Å². The third kappa shape index (κ3) is 12.3. The van der Waals surface area contributed by atoms with Gasteiger partial charge in [0.2, 0.25) is 17.6 Å². The summed E-state index contributed by atoms with van der Waals surface area (Å²) >= 11 is 0. The Morgan fingerprint density at radius 1 is 0.833 bits per heavy atom. The van der Waals surface area contributed by atoms with Gasteiger partial charge in [0.15, 0.2) is 0 Å². The number of hydrogen-bond donors (Lipinski definition) is 7. The maximum atomic E-state index is 13.8. The highest BCUT2D eigenvalue weighted by atomic mass is 16.6. The predicted octanol–water partition coefficient (Wildman–Crippen LogP) is 6.15. The molecule has 0 bridgehead atoms. The molecule has 1 atom stereocenters. The van der Waals surface area contributed by atoms with Crippen LogP contribution in [0.3, 0.4) is 0 Å². The highest BCUT2D eigenvalue weighted by Crippen LogP contribution is 2.30. The summed E-state index contributed by atoms with van der Waals surface area (Å²) < 4.78 is 5.38. The lowest BCUT2D eigenvalue weighted by Gasteiger charge is -2.30. The van der Waals surface area contributed by atoms with Crippen molar-refractivity contribution >= 4 is 35.6 Å². The minimum atomic E-state index is -1.06. The van der Waals surface area contributed by atoms with Crippen LogP contribution in [-0.4, -0.2) is 85.9 Å². The monoisotopic (exact) mass is 821 g/mol. The van der Waals surface area contributed by atoms with E-state index in [0.29, 0.717) is 49.3 Å². The zero-order valence-electron chi connectivity index (χ0n) is 34.5. The van der Waals surface area contributed by atoms with Gasteiger partial charge in [0.05, 0.1) is 0 Å². The van der Waals surface area contributed by atoms with Crippen molar-refractivity contribution in [3.8, 4) is 22.5 Å². The van der Waals surface area contributed by atoms with Crippen LogP contribution in [0.15, 0.2) is 66.7 Å². The van der Waals surface area contributed by atoms with E-state index in [9.17, 15) is 24.0 Å². The fourth-order valence-electron chi connectivity index (χ4n) is 7.89. The fraction of sp³-hybridized carbons (Fsp3) is 0.455. The number of rotatable bonds is 13. The Hall–Kier alpha value is -6.32. The summed E-state index contributed by atoms with van der Waals surface area (Å²) in [6.07, 6.45) is 4.43. The molecule has 0 radical (unpaired) electrons. The van der Waals surface area contributed by atoms with E-state index >= 15 is 0 Å². The SMILES string of the molecule is Cc1cc(C(=O)N[C@H]2CC[C@H](NC(=O)OC(C)(C)C)CC2)ccc1-c1ccc(C[C@H](NC(=O)[C@H]2CC[C@H](CNC(=O)O)CC2)C(=O)Nc2ccc(-c3nn[nH]n3)cc2)cc1. The Bertz CT molecular complexity index is 2100. The predicted molar refractivity (Wildman–Crippen MR) is 225 cm³/mol. The molecule has 2 aliphatic carbocycles. The van der Waals surface area contributed by atoms with Crippen molar-refractivity contribution in [1.29, 1.82) is 0 Å². The second kappa shape index (κ2) is 19.6. The van der Waals surface area contributed by atoms with E-state index < -0.39 is 23.8 Å². The lowest BCUT2D eigenvalue weighted by atomic mass is 9.81. The summed E-state index contributed by atoms with van der Waals surface area (Å²) in [4.78, 5) is 63.8. The number of carbonyl (C=O) groups excluding carboxylic acids is 4. The first-order valence-electron chi connectivity index (χ1n) is 20.6. The largest absolute Gasteiger partial charge is 0.465 e. The highest BCUT2D eigenvalue weighted by Gasteiger charge is 2.30. The molecule has 0 saturated heterocycles. The first kappa shape index (κ1) is 43.3. The number of benzene rings is 3. The number of ether oxygens (including phenoxy) is 1. The molecule has 16 heteroatoms. The van der Waals surface area contributed by atoms with Gasteiger partial charge in [0, 0.05) is 47.8 Å². The molecule has 0 spiro atoms. The molecular weight excluding hydrogens is 767 g/mol. The van der Waals surface area contributed by atoms with E-state index in [-0.39, 0.29) is 48.1 Å². The third-order valence-corrected chi connectivity index (χ3v) is 11.1. The first-order valence-corrected chi connectivity index (χ1v) is 20.6. The van der Waals surface area contributed by atoms with Crippen molar-refractivity contribution in [2.75, 3.05) is 11.9 Å². The van der Waals surface area contributed by atoms with Gasteiger partial charge in [0.1, 0.15) is 11.6 Å². The maximum absolute atomic E-state index is 13.8. The number of aromatic nitrogens is 4. The maximum Gasteiger partial charge on any atom is 0.407 e. The van der Waals surface area contributed by atoms with Gasteiger partial charge >= 0.3 is 12.2 Å². The molecule has 2 saturated carbocycles. The molecular formula is C44H55N9O7. The summed E-state index contributed by atoms with van der Waals surface area (Å²) in [5.41, 5.74) is 4.97. The average Bonchev–Trinajstić information content (AvgIpc) is 3.76. The molecule has 2 fully saturated rings. The Labute approximate surface area is 349 Å². The van der Waals surface area contributed by atoms with Crippen LogP contribution in [0.1, 0.15) is 93.6 Å². The van der Waals surface area contributed by atoms with E-state index in [1.807, 2.05) is 70.2 Å². The Morgan fingerprint density at radius 2 is 1.48 bits per heavy atom. The number of nitrogens with zero attached hydrogens (tertiary/aromatic N) is 3. The highest BCUT2D eigenvalue weighted by molar-refractivity contribution is 5.98. The number of nitrogens with one attached hydrogen (secondary N) is 6. The third-order valence-electron chi connectivity index (χ3n) is 11.1. The van der Waals surface area contributed by atoms with Gasteiger partial charge in [-0.25, -0.2) is 9.59 Å². The zero-order valence-corrected chi connectivity index (χ0v) is 34.5. The molecule has 0 aliphatic heterocycles. The van der Waals surface area contributed by atoms with Gasteiger partial charge in [-0.05, 0) is 149 Å². The quantitative estimate of drug-likeness (QED) is 0.0814. The van der Waals surface area contributed by atoms with Crippen LogP contribution in [0.5, 0.6) is 0 Å². The van der Waals surface area contributed by atoms with Gasteiger partial charge in [-0.3, -0.25) is 14.4 Å². The second-order valence-electron chi connectivity index (χ2n) is 16.9. The second-order valence-corrected chi connectivity index (χ2v) is 16.9. The van der Waals surface area contributed by atoms with E-state index in [1.54, 1.807) is 24.3 Å². The van der Waals surface area contributed by atoms with Gasteiger partial charge < -0.3 is 36.4 Å². The van der Waals surface area contributed by atoms with Crippen LogP contribution < -0.4 is 26.6 Å². The van der Waals surface area contributed by atoms with Crippen LogP contribution in [-0.2, 0) is 20.7 Å².